The van der Waals surface area contributed by atoms with Crippen LogP contribution in [-0.4, -0.2) is 27.4 Å². The second-order valence-corrected chi connectivity index (χ2v) is 3.35. The van der Waals surface area contributed by atoms with Gasteiger partial charge in [-0.15, -0.1) is 0 Å². The predicted octanol–water partition coefficient (Wildman–Crippen LogP) is -0.609. The number of aryl methyl sites for hydroxylation is 1. The minimum Gasteiger partial charge on any atom is -0.481 e. The molecule has 0 saturated heterocycles. The first-order valence-electron chi connectivity index (χ1n) is 4.68. The standard InChI is InChI=1S/C9H13N5O2/c1-14-8(12)6(4-11)7(13-14)5(2-3-10)9(15)16/h5H,2-3,10,12H2,1H3,(H,15,16). The molecule has 1 heterocycles. The van der Waals surface area contributed by atoms with Crippen LogP contribution in [0.2, 0.25) is 0 Å². The number of nitriles is 1. The average Bonchev–Trinajstić information content (AvgIpc) is 2.51. The molecule has 7 heteroatoms. The quantitative estimate of drug-likeness (QED) is 0.624. The number of carboxylic acids is 1. The molecule has 0 aliphatic carbocycles. The molecule has 7 nitrogen and oxygen atoms in total. The second kappa shape index (κ2) is 4.63. The maximum Gasteiger partial charge on any atom is 0.312 e. The summed E-state index contributed by atoms with van der Waals surface area (Å²) in [5, 5.41) is 21.9. The summed E-state index contributed by atoms with van der Waals surface area (Å²) in [6.07, 6.45) is 0.223. The summed E-state index contributed by atoms with van der Waals surface area (Å²) in [6.45, 7) is 0.207. The predicted molar refractivity (Wildman–Crippen MR) is 56.4 cm³/mol. The molecule has 1 rings (SSSR count). The number of nitrogens with zero attached hydrogens (tertiary/aromatic N) is 3. The highest BCUT2D eigenvalue weighted by atomic mass is 16.4. The highest BCUT2D eigenvalue weighted by Crippen LogP contribution is 2.25. The van der Waals surface area contributed by atoms with Gasteiger partial charge < -0.3 is 16.6 Å². The number of carboxylic acid groups (broad SMARTS) is 1. The molecule has 1 aromatic heterocycles. The van der Waals surface area contributed by atoms with Gasteiger partial charge in [-0.25, -0.2) is 0 Å². The maximum absolute atomic E-state index is 11.0. The topological polar surface area (TPSA) is 131 Å². The zero-order valence-electron chi connectivity index (χ0n) is 8.84. The molecule has 16 heavy (non-hydrogen) atoms. The molecule has 1 unspecified atom stereocenters. The largest absolute Gasteiger partial charge is 0.481 e. The number of aromatic nitrogens is 2. The first-order chi connectivity index (χ1) is 7.52. The Labute approximate surface area is 92.3 Å². The highest BCUT2D eigenvalue weighted by molar-refractivity contribution is 5.77. The lowest BCUT2D eigenvalue weighted by molar-refractivity contribution is -0.139. The zero-order chi connectivity index (χ0) is 12.3. The smallest absolute Gasteiger partial charge is 0.312 e. The number of rotatable bonds is 4. The van der Waals surface area contributed by atoms with E-state index in [-0.39, 0.29) is 30.0 Å². The Balaban J connectivity index is 3.25. The van der Waals surface area contributed by atoms with Crippen molar-refractivity contribution < 1.29 is 9.90 Å². The monoisotopic (exact) mass is 223 g/mol. The van der Waals surface area contributed by atoms with Crippen LogP contribution in [0.1, 0.15) is 23.6 Å². The summed E-state index contributed by atoms with van der Waals surface area (Å²) in [6, 6.07) is 1.87. The number of carbonyl (C=O) groups is 1. The van der Waals surface area contributed by atoms with Crippen molar-refractivity contribution in [3.05, 3.63) is 11.3 Å². The summed E-state index contributed by atoms with van der Waals surface area (Å²) in [5.74, 6) is -1.77. The Hall–Kier alpha value is -2.07. The summed E-state index contributed by atoms with van der Waals surface area (Å²) < 4.78 is 1.29. The molecule has 0 fully saturated rings. The molecule has 0 amide bonds. The number of hydrogen-bond acceptors (Lipinski definition) is 5. The number of nitrogens with two attached hydrogens (primary N) is 2. The van der Waals surface area contributed by atoms with Gasteiger partial charge in [-0.05, 0) is 13.0 Å². The van der Waals surface area contributed by atoms with Crippen LogP contribution in [-0.2, 0) is 11.8 Å². The molecule has 0 aliphatic heterocycles. The molecule has 0 spiro atoms. The van der Waals surface area contributed by atoms with Crippen LogP contribution in [0.3, 0.4) is 0 Å². The average molecular weight is 223 g/mol. The summed E-state index contributed by atoms with van der Waals surface area (Å²) in [7, 11) is 1.56. The third-order valence-corrected chi connectivity index (χ3v) is 2.31. The van der Waals surface area contributed by atoms with Crippen molar-refractivity contribution in [1.29, 1.82) is 5.26 Å². The number of anilines is 1. The van der Waals surface area contributed by atoms with Crippen LogP contribution in [0, 0.1) is 11.3 Å². The van der Waals surface area contributed by atoms with Gasteiger partial charge in [-0.2, -0.15) is 10.4 Å². The molecule has 0 aliphatic rings. The highest BCUT2D eigenvalue weighted by Gasteiger charge is 2.27. The number of aliphatic carboxylic acids is 1. The Morgan fingerprint density at radius 1 is 1.75 bits per heavy atom. The molecule has 5 N–H and O–H groups in total. The van der Waals surface area contributed by atoms with E-state index in [4.69, 9.17) is 21.8 Å². The first-order valence-corrected chi connectivity index (χ1v) is 4.68. The number of hydrogen-bond donors (Lipinski definition) is 3. The van der Waals surface area contributed by atoms with Crippen molar-refractivity contribution in [2.45, 2.75) is 12.3 Å². The Morgan fingerprint density at radius 2 is 2.38 bits per heavy atom. The van der Waals surface area contributed by atoms with Crippen LogP contribution in [0.4, 0.5) is 5.82 Å². The molecule has 1 aromatic rings. The second-order valence-electron chi connectivity index (χ2n) is 3.35. The van der Waals surface area contributed by atoms with Gasteiger partial charge in [0.15, 0.2) is 0 Å². The van der Waals surface area contributed by atoms with E-state index < -0.39 is 11.9 Å². The van der Waals surface area contributed by atoms with E-state index in [1.54, 1.807) is 7.05 Å². The summed E-state index contributed by atoms with van der Waals surface area (Å²) >= 11 is 0. The van der Waals surface area contributed by atoms with Crippen LogP contribution < -0.4 is 11.5 Å². The van der Waals surface area contributed by atoms with E-state index in [2.05, 4.69) is 5.10 Å². The molecule has 0 aromatic carbocycles. The Kier molecular flexibility index (Phi) is 3.48. The van der Waals surface area contributed by atoms with Crippen molar-refractivity contribution >= 4 is 11.8 Å². The van der Waals surface area contributed by atoms with Crippen molar-refractivity contribution in [2.75, 3.05) is 12.3 Å². The van der Waals surface area contributed by atoms with Gasteiger partial charge >= 0.3 is 5.97 Å². The van der Waals surface area contributed by atoms with Crippen molar-refractivity contribution in [1.82, 2.24) is 9.78 Å². The van der Waals surface area contributed by atoms with Crippen molar-refractivity contribution in [3.63, 3.8) is 0 Å². The Bertz CT molecular complexity index is 445. The van der Waals surface area contributed by atoms with Gasteiger partial charge in [0.25, 0.3) is 0 Å². The fourth-order valence-corrected chi connectivity index (χ4v) is 1.46. The van der Waals surface area contributed by atoms with Crippen LogP contribution >= 0.6 is 0 Å². The normalized spacial score (nSPS) is 12.1. The van der Waals surface area contributed by atoms with Gasteiger partial charge in [-0.3, -0.25) is 9.48 Å². The van der Waals surface area contributed by atoms with Gasteiger partial charge in [0.2, 0.25) is 0 Å². The van der Waals surface area contributed by atoms with E-state index in [1.807, 2.05) is 6.07 Å². The van der Waals surface area contributed by atoms with Crippen LogP contribution in [0.5, 0.6) is 0 Å². The minimum atomic E-state index is -1.06. The van der Waals surface area contributed by atoms with E-state index in [0.29, 0.717) is 0 Å². The van der Waals surface area contributed by atoms with E-state index in [0.717, 1.165) is 0 Å². The molecule has 0 radical (unpaired) electrons. The fraction of sp³-hybridized carbons (Fsp3) is 0.444. The number of nitrogen functional groups attached to an aromatic ring is 1. The van der Waals surface area contributed by atoms with Crippen LogP contribution in [0.25, 0.3) is 0 Å². The third-order valence-electron chi connectivity index (χ3n) is 2.31. The Morgan fingerprint density at radius 3 is 2.81 bits per heavy atom. The summed E-state index contributed by atoms with van der Waals surface area (Å²) in [4.78, 5) is 11.0. The first kappa shape index (κ1) is 12.0. The molecular weight excluding hydrogens is 210 g/mol. The molecule has 0 saturated carbocycles. The van der Waals surface area contributed by atoms with Gasteiger partial charge in [0.1, 0.15) is 23.4 Å². The molecular formula is C9H13N5O2. The zero-order valence-corrected chi connectivity index (χ0v) is 8.84. The van der Waals surface area contributed by atoms with E-state index in [1.165, 1.54) is 4.68 Å². The van der Waals surface area contributed by atoms with Gasteiger partial charge in [0, 0.05) is 7.05 Å². The minimum absolute atomic E-state index is 0.114. The fourth-order valence-electron chi connectivity index (χ4n) is 1.46. The molecule has 86 valence electrons. The lowest BCUT2D eigenvalue weighted by atomic mass is 9.98. The lowest BCUT2D eigenvalue weighted by Gasteiger charge is -2.07. The lowest BCUT2D eigenvalue weighted by Crippen LogP contribution is -2.17. The maximum atomic E-state index is 11.0. The van der Waals surface area contributed by atoms with Gasteiger partial charge in [0.05, 0.1) is 5.69 Å². The molecule has 0 bridgehead atoms. The third kappa shape index (κ3) is 1.97. The van der Waals surface area contributed by atoms with Crippen molar-refractivity contribution in [2.24, 2.45) is 12.8 Å². The van der Waals surface area contributed by atoms with E-state index >= 15 is 0 Å². The summed E-state index contributed by atoms with van der Waals surface area (Å²) in [5.41, 5.74) is 11.2. The SMILES string of the molecule is Cn1nc(C(CCN)C(=O)O)c(C#N)c1N. The van der Waals surface area contributed by atoms with Gasteiger partial charge in [-0.1, -0.05) is 0 Å². The molecule has 1 atom stereocenters. The van der Waals surface area contributed by atoms with E-state index in [9.17, 15) is 4.79 Å². The van der Waals surface area contributed by atoms with Crippen molar-refractivity contribution in [3.8, 4) is 6.07 Å². The van der Waals surface area contributed by atoms with Crippen LogP contribution in [0.15, 0.2) is 0 Å².